The van der Waals surface area contributed by atoms with Gasteiger partial charge in [-0.15, -0.1) is 0 Å². The summed E-state index contributed by atoms with van der Waals surface area (Å²) in [6, 6.07) is 7.50. The van der Waals surface area contributed by atoms with Crippen LogP contribution in [0.25, 0.3) is 10.9 Å². The number of aliphatic hydroxyl groups is 1. The van der Waals surface area contributed by atoms with E-state index in [4.69, 9.17) is 26.3 Å². The fourth-order valence-electron chi connectivity index (χ4n) is 4.62. The SMILES string of the molecule is O[C@H]1CC[C@H](c2cnc(OC3CCNCC3)c3cnc(Nc4cccc(Cl)c4)nc32)CC1. The Morgan fingerprint density at radius 1 is 1.03 bits per heavy atom. The maximum Gasteiger partial charge on any atom is 0.227 e. The highest BCUT2D eigenvalue weighted by molar-refractivity contribution is 6.30. The number of hydrogen-bond acceptors (Lipinski definition) is 7. The Hall–Kier alpha value is -2.48. The van der Waals surface area contributed by atoms with Gasteiger partial charge in [0.2, 0.25) is 11.8 Å². The minimum absolute atomic E-state index is 0.145. The summed E-state index contributed by atoms with van der Waals surface area (Å²) in [6.45, 7) is 1.91. The van der Waals surface area contributed by atoms with Crippen LogP contribution in [-0.2, 0) is 0 Å². The van der Waals surface area contributed by atoms with Crippen LogP contribution in [0.2, 0.25) is 5.02 Å². The van der Waals surface area contributed by atoms with Crippen LogP contribution in [0.4, 0.5) is 11.6 Å². The molecule has 2 aliphatic rings. The molecule has 0 unspecified atom stereocenters. The number of halogens is 1. The number of nitrogens with one attached hydrogen (secondary N) is 2. The molecule has 1 aliphatic heterocycles. The Balaban J connectivity index is 1.51. The fourth-order valence-corrected chi connectivity index (χ4v) is 4.81. The van der Waals surface area contributed by atoms with Gasteiger partial charge in [0.05, 0.1) is 17.0 Å². The summed E-state index contributed by atoms with van der Waals surface area (Å²) in [7, 11) is 0. The summed E-state index contributed by atoms with van der Waals surface area (Å²) in [5.74, 6) is 1.42. The van der Waals surface area contributed by atoms with Crippen molar-refractivity contribution in [1.82, 2.24) is 20.3 Å². The topological polar surface area (TPSA) is 92.2 Å². The van der Waals surface area contributed by atoms with E-state index >= 15 is 0 Å². The van der Waals surface area contributed by atoms with Crippen molar-refractivity contribution in [2.24, 2.45) is 0 Å². The smallest absolute Gasteiger partial charge is 0.227 e. The number of piperidine rings is 1. The molecule has 0 atom stereocenters. The molecular formula is C24H28ClN5O2. The van der Waals surface area contributed by atoms with E-state index in [2.05, 4.69) is 15.6 Å². The normalized spacial score (nSPS) is 22.1. The molecule has 1 saturated heterocycles. The molecule has 8 heteroatoms. The van der Waals surface area contributed by atoms with Crippen LogP contribution < -0.4 is 15.4 Å². The predicted octanol–water partition coefficient (Wildman–Crippen LogP) is 4.57. The number of benzene rings is 1. The van der Waals surface area contributed by atoms with Gasteiger partial charge in [0.1, 0.15) is 6.10 Å². The van der Waals surface area contributed by atoms with Crippen LogP contribution >= 0.6 is 11.6 Å². The minimum atomic E-state index is -0.206. The average Bonchev–Trinajstić information content (AvgIpc) is 2.81. The quantitative estimate of drug-likeness (QED) is 0.521. The lowest BCUT2D eigenvalue weighted by Crippen LogP contribution is -2.34. The van der Waals surface area contributed by atoms with Crippen LogP contribution in [-0.4, -0.2) is 45.4 Å². The van der Waals surface area contributed by atoms with Gasteiger partial charge in [0.25, 0.3) is 0 Å². The van der Waals surface area contributed by atoms with E-state index in [9.17, 15) is 5.11 Å². The largest absolute Gasteiger partial charge is 0.474 e. The van der Waals surface area contributed by atoms with Gasteiger partial charge in [-0.05, 0) is 75.7 Å². The van der Waals surface area contributed by atoms with E-state index in [0.717, 1.165) is 73.8 Å². The molecule has 168 valence electrons. The summed E-state index contributed by atoms with van der Waals surface area (Å²) >= 11 is 6.13. The molecule has 32 heavy (non-hydrogen) atoms. The van der Waals surface area contributed by atoms with E-state index in [0.29, 0.717) is 22.8 Å². The third-order valence-electron chi connectivity index (χ3n) is 6.40. The van der Waals surface area contributed by atoms with E-state index < -0.39 is 0 Å². The van der Waals surface area contributed by atoms with E-state index in [-0.39, 0.29) is 12.2 Å². The lowest BCUT2D eigenvalue weighted by Gasteiger charge is -2.27. The maximum atomic E-state index is 9.96. The number of fused-ring (bicyclic) bond motifs is 1. The minimum Gasteiger partial charge on any atom is -0.474 e. The summed E-state index contributed by atoms with van der Waals surface area (Å²) in [6.07, 6.45) is 9.03. The Bertz CT molecular complexity index is 1080. The number of anilines is 2. The third kappa shape index (κ3) is 4.80. The molecular weight excluding hydrogens is 426 g/mol. The van der Waals surface area contributed by atoms with Crippen molar-refractivity contribution in [2.75, 3.05) is 18.4 Å². The molecule has 0 radical (unpaired) electrons. The van der Waals surface area contributed by atoms with Gasteiger partial charge in [-0.3, -0.25) is 0 Å². The first-order chi connectivity index (χ1) is 15.7. The highest BCUT2D eigenvalue weighted by atomic mass is 35.5. The number of nitrogens with zero attached hydrogens (tertiary/aromatic N) is 3. The molecule has 1 aromatic carbocycles. The number of hydrogen-bond donors (Lipinski definition) is 3. The zero-order valence-electron chi connectivity index (χ0n) is 17.9. The van der Waals surface area contributed by atoms with Crippen molar-refractivity contribution in [3.63, 3.8) is 0 Å². The molecule has 7 nitrogen and oxygen atoms in total. The molecule has 1 aliphatic carbocycles. The van der Waals surface area contributed by atoms with Gasteiger partial charge < -0.3 is 20.5 Å². The van der Waals surface area contributed by atoms with E-state index in [1.807, 2.05) is 30.5 Å². The standard InChI is InChI=1S/C24H28ClN5O2/c25-16-2-1-3-17(12-16)29-24-28-14-21-22(30-24)20(15-4-6-18(31)7-5-15)13-27-23(21)32-19-8-10-26-11-9-19/h1-3,12-15,18-19,26,31H,4-11H2,(H,28,29,30)/t15-,18-. The Kier molecular flexibility index (Phi) is 6.39. The van der Waals surface area contributed by atoms with Crippen LogP contribution in [0.5, 0.6) is 5.88 Å². The fraction of sp³-hybridized carbons (Fsp3) is 0.458. The second kappa shape index (κ2) is 9.57. The molecule has 5 rings (SSSR count). The molecule has 0 amide bonds. The van der Waals surface area contributed by atoms with Gasteiger partial charge in [0, 0.05) is 28.7 Å². The third-order valence-corrected chi connectivity index (χ3v) is 6.63. The lowest BCUT2D eigenvalue weighted by molar-refractivity contribution is 0.122. The van der Waals surface area contributed by atoms with Crippen LogP contribution in [0, 0.1) is 0 Å². The van der Waals surface area contributed by atoms with Gasteiger partial charge >= 0.3 is 0 Å². The first kappa shape index (κ1) is 21.4. The van der Waals surface area contributed by atoms with Crippen molar-refractivity contribution in [3.05, 3.63) is 47.2 Å². The second-order valence-corrected chi connectivity index (χ2v) is 9.12. The van der Waals surface area contributed by atoms with E-state index in [1.165, 1.54) is 0 Å². The van der Waals surface area contributed by atoms with Crippen LogP contribution in [0.3, 0.4) is 0 Å². The Morgan fingerprint density at radius 2 is 1.84 bits per heavy atom. The van der Waals surface area contributed by atoms with Crippen molar-refractivity contribution >= 4 is 34.1 Å². The molecule has 0 spiro atoms. The first-order valence-electron chi connectivity index (χ1n) is 11.4. The van der Waals surface area contributed by atoms with Crippen LogP contribution in [0.1, 0.15) is 50.0 Å². The lowest BCUT2D eigenvalue weighted by atomic mass is 9.83. The van der Waals surface area contributed by atoms with Gasteiger partial charge in [-0.1, -0.05) is 17.7 Å². The van der Waals surface area contributed by atoms with Crippen LogP contribution in [0.15, 0.2) is 36.7 Å². The summed E-state index contributed by atoms with van der Waals surface area (Å²) < 4.78 is 6.29. The summed E-state index contributed by atoms with van der Waals surface area (Å²) in [4.78, 5) is 14.1. The highest BCUT2D eigenvalue weighted by Crippen LogP contribution is 2.38. The zero-order chi connectivity index (χ0) is 21.9. The van der Waals surface area contributed by atoms with Crippen molar-refractivity contribution in [1.29, 1.82) is 0 Å². The molecule has 0 bridgehead atoms. The Morgan fingerprint density at radius 3 is 2.62 bits per heavy atom. The zero-order valence-corrected chi connectivity index (χ0v) is 18.7. The number of rotatable bonds is 5. The first-order valence-corrected chi connectivity index (χ1v) is 11.8. The average molecular weight is 454 g/mol. The van der Waals surface area contributed by atoms with Crippen molar-refractivity contribution in [2.45, 2.75) is 56.7 Å². The maximum absolute atomic E-state index is 9.96. The molecule has 2 fully saturated rings. The van der Waals surface area contributed by atoms with Gasteiger partial charge in [-0.25, -0.2) is 15.0 Å². The van der Waals surface area contributed by atoms with Gasteiger partial charge in [-0.2, -0.15) is 0 Å². The molecule has 2 aromatic heterocycles. The number of ether oxygens (including phenoxy) is 1. The predicted molar refractivity (Wildman–Crippen MR) is 126 cm³/mol. The van der Waals surface area contributed by atoms with Gasteiger partial charge in [0.15, 0.2) is 0 Å². The van der Waals surface area contributed by atoms with Crippen molar-refractivity contribution < 1.29 is 9.84 Å². The van der Waals surface area contributed by atoms with Crippen molar-refractivity contribution in [3.8, 4) is 5.88 Å². The monoisotopic (exact) mass is 453 g/mol. The second-order valence-electron chi connectivity index (χ2n) is 8.68. The molecule has 3 heterocycles. The Labute approximate surface area is 192 Å². The molecule has 3 aromatic rings. The van der Waals surface area contributed by atoms with E-state index in [1.54, 1.807) is 6.20 Å². The highest BCUT2D eigenvalue weighted by Gasteiger charge is 2.25. The summed E-state index contributed by atoms with van der Waals surface area (Å²) in [5, 5.41) is 18.1. The number of aromatic nitrogens is 3. The number of aliphatic hydroxyl groups excluding tert-OH is 1. The summed E-state index contributed by atoms with van der Waals surface area (Å²) in [5.41, 5.74) is 2.80. The number of pyridine rings is 1. The molecule has 3 N–H and O–H groups in total. The molecule has 1 saturated carbocycles.